The average molecular weight is 523 g/mol. The number of rotatable bonds is 5. The molecule has 2 aliphatic heterocycles. The number of benzene rings is 2. The Balaban J connectivity index is 1.47. The summed E-state index contributed by atoms with van der Waals surface area (Å²) in [6.07, 6.45) is 1.95. The quantitative estimate of drug-likeness (QED) is 0.592. The van der Waals surface area contributed by atoms with E-state index in [1.807, 2.05) is 7.05 Å². The van der Waals surface area contributed by atoms with E-state index in [9.17, 15) is 14.4 Å². The smallest absolute Gasteiger partial charge is 0.283 e. The van der Waals surface area contributed by atoms with Crippen molar-refractivity contribution < 1.29 is 19.3 Å². The summed E-state index contributed by atoms with van der Waals surface area (Å²) in [5.41, 5.74) is 1.18. The molecule has 3 amide bonds. The lowest BCUT2D eigenvalue weighted by atomic mass is 10.0. The number of hydrogen-bond acceptors (Lipinski definition) is 4. The molecule has 178 valence electrons. The highest BCUT2D eigenvalue weighted by atomic mass is 35.5. The molecule has 2 aromatic rings. The molecule has 0 radical (unpaired) electrons. The average Bonchev–Trinajstić information content (AvgIpc) is 3.02. The Hall–Kier alpha value is -2.58. The zero-order chi connectivity index (χ0) is 24.6. The Morgan fingerprint density at radius 1 is 1.03 bits per heavy atom. The van der Waals surface area contributed by atoms with Crippen LogP contribution in [0.1, 0.15) is 23.2 Å². The van der Waals surface area contributed by atoms with Crippen molar-refractivity contribution in [3.05, 3.63) is 68.8 Å². The topological polar surface area (TPSA) is 74.2 Å². The molecule has 0 atom stereocenters. The number of nitrogens with one attached hydrogen (secondary N) is 2. The van der Waals surface area contributed by atoms with Crippen LogP contribution in [0, 0.1) is 0 Å². The Morgan fingerprint density at radius 3 is 2.29 bits per heavy atom. The van der Waals surface area contributed by atoms with Gasteiger partial charge in [-0.3, -0.25) is 14.4 Å². The third kappa shape index (κ3) is 4.79. The summed E-state index contributed by atoms with van der Waals surface area (Å²) in [7, 11) is 4.00. The van der Waals surface area contributed by atoms with Crippen LogP contribution in [0.2, 0.25) is 10.0 Å². The first kappa shape index (κ1) is 24.5. The number of nitrogens with zero attached hydrogens (tertiary/aromatic N) is 2. The first-order valence-corrected chi connectivity index (χ1v) is 12.0. The van der Waals surface area contributed by atoms with Gasteiger partial charge in [0.1, 0.15) is 10.7 Å². The number of quaternary nitrogens is 1. The van der Waals surface area contributed by atoms with E-state index < -0.39 is 11.8 Å². The van der Waals surface area contributed by atoms with E-state index >= 15 is 0 Å². The molecule has 0 spiro atoms. The van der Waals surface area contributed by atoms with Gasteiger partial charge in [0.25, 0.3) is 17.7 Å². The fourth-order valence-corrected chi connectivity index (χ4v) is 4.89. The molecule has 2 aliphatic rings. The van der Waals surface area contributed by atoms with Crippen molar-refractivity contribution in [2.75, 3.05) is 37.4 Å². The van der Waals surface area contributed by atoms with Crippen LogP contribution >= 0.6 is 34.8 Å². The Morgan fingerprint density at radius 2 is 1.68 bits per heavy atom. The van der Waals surface area contributed by atoms with Crippen molar-refractivity contribution in [2.45, 2.75) is 18.9 Å². The number of imide groups is 1. The summed E-state index contributed by atoms with van der Waals surface area (Å²) >= 11 is 18.3. The number of carbonyl (C=O) groups excluding carboxylic acids is 3. The Labute approximate surface area is 212 Å². The zero-order valence-electron chi connectivity index (χ0n) is 18.7. The third-order valence-corrected chi connectivity index (χ3v) is 7.14. The van der Waals surface area contributed by atoms with E-state index in [4.69, 9.17) is 34.8 Å². The first-order valence-electron chi connectivity index (χ1n) is 10.9. The second kappa shape index (κ2) is 9.96. The number of amides is 3. The predicted octanol–water partition coefficient (Wildman–Crippen LogP) is 3.18. The molecular formula is C24H24Cl3N4O3+. The second-order valence-corrected chi connectivity index (χ2v) is 9.76. The molecule has 1 saturated heterocycles. The van der Waals surface area contributed by atoms with Crippen LogP contribution in [0.4, 0.5) is 11.4 Å². The number of carbonyl (C=O) groups is 3. The van der Waals surface area contributed by atoms with Crippen molar-refractivity contribution >= 4 is 63.9 Å². The summed E-state index contributed by atoms with van der Waals surface area (Å²) < 4.78 is 0. The summed E-state index contributed by atoms with van der Waals surface area (Å²) in [4.78, 5) is 42.8. The zero-order valence-corrected chi connectivity index (χ0v) is 21.0. The first-order chi connectivity index (χ1) is 16.2. The maximum atomic E-state index is 13.0. The van der Waals surface area contributed by atoms with Crippen molar-refractivity contribution in [1.82, 2.24) is 4.90 Å². The highest BCUT2D eigenvalue weighted by Crippen LogP contribution is 2.35. The van der Waals surface area contributed by atoms with Gasteiger partial charge in [-0.25, -0.2) is 4.90 Å². The minimum absolute atomic E-state index is 0.0518. The standard InChI is InChI=1S/C24H23Cl3N4O3/c1-29-11-9-17(10-12-29)30(2)22(32)14-3-6-16(7-4-14)28-21-20(27)23(33)31(24(21)34)19-8-5-15(25)13-18(19)26/h3-8,13,17,28H,9-12H2,1-2H3/p+1. The molecular weight excluding hydrogens is 499 g/mol. The number of anilines is 2. The second-order valence-electron chi connectivity index (χ2n) is 8.54. The fraction of sp³-hybridized carbons (Fsp3) is 0.292. The lowest BCUT2D eigenvalue weighted by Gasteiger charge is -2.33. The van der Waals surface area contributed by atoms with Gasteiger partial charge in [0, 0.05) is 42.2 Å². The number of likely N-dealkylation sites (tertiary alicyclic amines) is 1. The van der Waals surface area contributed by atoms with Crippen LogP contribution in [-0.4, -0.2) is 55.8 Å². The van der Waals surface area contributed by atoms with Crippen LogP contribution in [0.15, 0.2) is 53.2 Å². The molecule has 10 heteroatoms. The number of piperidine rings is 1. The van der Waals surface area contributed by atoms with Gasteiger partial charge in [-0.15, -0.1) is 0 Å². The summed E-state index contributed by atoms with van der Waals surface area (Å²) in [6.45, 7) is 2.10. The van der Waals surface area contributed by atoms with Crippen LogP contribution in [0.3, 0.4) is 0 Å². The molecule has 0 unspecified atom stereocenters. The maximum absolute atomic E-state index is 13.0. The summed E-state index contributed by atoms with van der Waals surface area (Å²) in [5.74, 6) is -1.38. The number of halogens is 3. The minimum atomic E-state index is -0.688. The molecule has 7 nitrogen and oxygen atoms in total. The van der Waals surface area contributed by atoms with Crippen molar-refractivity contribution in [1.29, 1.82) is 0 Å². The highest BCUT2D eigenvalue weighted by molar-refractivity contribution is 6.53. The molecule has 0 bridgehead atoms. The number of hydrogen-bond donors (Lipinski definition) is 2. The lowest BCUT2D eigenvalue weighted by Crippen LogP contribution is -3.10. The molecule has 2 heterocycles. The fourth-order valence-electron chi connectivity index (χ4n) is 4.19. The van der Waals surface area contributed by atoms with Gasteiger partial charge in [-0.2, -0.15) is 0 Å². The van der Waals surface area contributed by atoms with Crippen LogP contribution < -0.4 is 15.1 Å². The molecule has 1 fully saturated rings. The predicted molar refractivity (Wildman–Crippen MR) is 134 cm³/mol. The van der Waals surface area contributed by atoms with Gasteiger partial charge in [0.2, 0.25) is 0 Å². The monoisotopic (exact) mass is 521 g/mol. The summed E-state index contributed by atoms with van der Waals surface area (Å²) in [5, 5.41) is 3.18. The van der Waals surface area contributed by atoms with Gasteiger partial charge in [0.15, 0.2) is 0 Å². The van der Waals surface area contributed by atoms with Gasteiger partial charge in [0.05, 0.1) is 30.8 Å². The normalized spacial score (nSPS) is 20.7. The molecule has 0 saturated carbocycles. The minimum Gasteiger partial charge on any atom is -0.350 e. The van der Waals surface area contributed by atoms with E-state index in [1.165, 1.54) is 23.1 Å². The van der Waals surface area contributed by atoms with E-state index in [2.05, 4.69) is 12.4 Å². The maximum Gasteiger partial charge on any atom is 0.283 e. The van der Waals surface area contributed by atoms with E-state index in [0.29, 0.717) is 16.3 Å². The molecule has 2 aromatic carbocycles. The van der Waals surface area contributed by atoms with Gasteiger partial charge in [-0.05, 0) is 42.5 Å². The molecule has 0 aliphatic carbocycles. The van der Waals surface area contributed by atoms with Crippen LogP contribution in [0.5, 0.6) is 0 Å². The van der Waals surface area contributed by atoms with Crippen molar-refractivity contribution in [3.8, 4) is 0 Å². The Bertz CT molecular complexity index is 1170. The van der Waals surface area contributed by atoms with E-state index in [1.54, 1.807) is 29.2 Å². The SMILES string of the molecule is CN(C(=O)c1ccc(NC2=C(Cl)C(=O)N(c3ccc(Cl)cc3Cl)C2=O)cc1)C1CC[NH+](C)CC1. The van der Waals surface area contributed by atoms with Gasteiger partial charge in [-0.1, -0.05) is 34.8 Å². The van der Waals surface area contributed by atoms with Crippen molar-refractivity contribution in [2.24, 2.45) is 0 Å². The molecule has 4 rings (SSSR count). The van der Waals surface area contributed by atoms with Crippen LogP contribution in [0.25, 0.3) is 0 Å². The molecule has 0 aromatic heterocycles. The highest BCUT2D eigenvalue weighted by Gasteiger charge is 2.40. The van der Waals surface area contributed by atoms with E-state index in [0.717, 1.165) is 30.8 Å². The van der Waals surface area contributed by atoms with Gasteiger partial charge >= 0.3 is 0 Å². The lowest BCUT2D eigenvalue weighted by molar-refractivity contribution is -0.885. The summed E-state index contributed by atoms with van der Waals surface area (Å²) in [6, 6.07) is 11.4. The Kier molecular flexibility index (Phi) is 7.19. The largest absolute Gasteiger partial charge is 0.350 e. The molecule has 34 heavy (non-hydrogen) atoms. The third-order valence-electron chi connectivity index (χ3n) is 6.26. The molecule has 2 N–H and O–H groups in total. The van der Waals surface area contributed by atoms with E-state index in [-0.39, 0.29) is 33.4 Å². The van der Waals surface area contributed by atoms with Crippen LogP contribution in [-0.2, 0) is 9.59 Å². The van der Waals surface area contributed by atoms with Crippen molar-refractivity contribution in [3.63, 3.8) is 0 Å². The van der Waals surface area contributed by atoms with Gasteiger partial charge < -0.3 is 15.1 Å².